The van der Waals surface area contributed by atoms with Crippen LogP contribution >= 0.6 is 0 Å². The molecule has 1 fully saturated rings. The predicted molar refractivity (Wildman–Crippen MR) is 271 cm³/mol. The molecule has 2 unspecified atom stereocenters. The van der Waals surface area contributed by atoms with E-state index >= 15 is 0 Å². The smallest absolute Gasteiger partial charge is 0.306 e. The van der Waals surface area contributed by atoms with E-state index in [4.69, 9.17) is 9.47 Å². The lowest BCUT2D eigenvalue weighted by Crippen LogP contribution is -2.45. The van der Waals surface area contributed by atoms with Crippen LogP contribution in [0.2, 0.25) is 0 Å². The van der Waals surface area contributed by atoms with E-state index < -0.39 is 0 Å². The lowest BCUT2D eigenvalue weighted by atomic mass is 9.91. The van der Waals surface area contributed by atoms with E-state index in [0.29, 0.717) is 38.0 Å². The average molecular weight is 892 g/mol. The van der Waals surface area contributed by atoms with Gasteiger partial charge in [-0.15, -0.1) is 0 Å². The van der Waals surface area contributed by atoms with Gasteiger partial charge in [0.15, 0.2) is 0 Å². The summed E-state index contributed by atoms with van der Waals surface area (Å²) in [6.07, 6.45) is 47.6. The summed E-state index contributed by atoms with van der Waals surface area (Å²) < 4.78 is 12.0. The minimum absolute atomic E-state index is 0.0425. The third-order valence-corrected chi connectivity index (χ3v) is 14.2. The Morgan fingerprint density at radius 1 is 0.460 bits per heavy atom. The number of esters is 2. The predicted octanol–water partition coefficient (Wildman–Crippen LogP) is 15.6. The zero-order valence-corrected chi connectivity index (χ0v) is 42.9. The van der Waals surface area contributed by atoms with Crippen LogP contribution in [0.5, 0.6) is 0 Å². The van der Waals surface area contributed by atoms with Crippen molar-refractivity contribution in [2.75, 3.05) is 52.5 Å². The van der Waals surface area contributed by atoms with Crippen LogP contribution in [0.15, 0.2) is 0 Å². The number of hydrogen-bond acceptors (Lipinski definition) is 7. The standard InChI is InChI=1S/C56H110N2O5/c1-5-9-13-17-19-20-21-22-23-24-25-26-27-29-32-42-55(60)62-50-53(51-63-56(61)49-52(37-30-15-11-7-3)38-31-28-18-14-10-6-2)39-33-35-44-58(54-40-36-41-54)46-45-57(47-48-59)43-34-16-12-8-4/h52-54,59H,5-51H2,1-4H3. The maximum absolute atomic E-state index is 13.4. The topological polar surface area (TPSA) is 79.3 Å². The number of unbranched alkanes of at least 4 members (excludes halogenated alkanes) is 26. The van der Waals surface area contributed by atoms with Crippen molar-refractivity contribution < 1.29 is 24.2 Å². The van der Waals surface area contributed by atoms with Gasteiger partial charge >= 0.3 is 11.9 Å². The molecule has 0 radical (unpaired) electrons. The van der Waals surface area contributed by atoms with Gasteiger partial charge in [0.1, 0.15) is 0 Å². The third kappa shape index (κ3) is 37.6. The van der Waals surface area contributed by atoms with Crippen LogP contribution in [0.4, 0.5) is 0 Å². The molecule has 0 amide bonds. The minimum Gasteiger partial charge on any atom is -0.465 e. The highest BCUT2D eigenvalue weighted by Gasteiger charge is 2.25. The molecule has 0 bridgehead atoms. The van der Waals surface area contributed by atoms with Gasteiger partial charge in [0.25, 0.3) is 0 Å². The molecule has 7 heteroatoms. The van der Waals surface area contributed by atoms with Gasteiger partial charge < -0.3 is 14.6 Å². The first-order valence-electron chi connectivity index (χ1n) is 28.4. The number of rotatable bonds is 50. The van der Waals surface area contributed by atoms with Gasteiger partial charge in [-0.1, -0.05) is 214 Å². The first kappa shape index (κ1) is 59.8. The summed E-state index contributed by atoms with van der Waals surface area (Å²) in [5, 5.41) is 9.73. The third-order valence-electron chi connectivity index (χ3n) is 14.2. The second-order valence-corrected chi connectivity index (χ2v) is 20.2. The molecule has 1 N–H and O–H groups in total. The number of hydrogen-bond donors (Lipinski definition) is 1. The van der Waals surface area contributed by atoms with Crippen LogP contribution in [-0.2, 0) is 19.1 Å². The first-order chi connectivity index (χ1) is 31.0. The number of carbonyl (C=O) groups excluding carboxylic acids is 2. The number of ether oxygens (including phenoxy) is 2. The van der Waals surface area contributed by atoms with Crippen molar-refractivity contribution in [1.82, 2.24) is 9.80 Å². The summed E-state index contributed by atoms with van der Waals surface area (Å²) in [5.74, 6) is 0.300. The molecule has 63 heavy (non-hydrogen) atoms. The molecule has 1 saturated carbocycles. The Hall–Kier alpha value is -1.18. The zero-order valence-electron chi connectivity index (χ0n) is 42.9. The summed E-state index contributed by atoms with van der Waals surface area (Å²) in [4.78, 5) is 31.5. The lowest BCUT2D eigenvalue weighted by Gasteiger charge is -2.39. The first-order valence-corrected chi connectivity index (χ1v) is 28.4. The Labute approximate surface area is 393 Å². The van der Waals surface area contributed by atoms with Crippen LogP contribution in [0.25, 0.3) is 0 Å². The molecular weight excluding hydrogens is 781 g/mol. The van der Waals surface area contributed by atoms with Crippen molar-refractivity contribution in [3.8, 4) is 0 Å². The Kier molecular flexibility index (Phi) is 43.6. The monoisotopic (exact) mass is 891 g/mol. The molecule has 2 atom stereocenters. The molecular formula is C56H110N2O5. The quantitative estimate of drug-likeness (QED) is 0.0481. The van der Waals surface area contributed by atoms with Crippen LogP contribution in [0, 0.1) is 11.8 Å². The summed E-state index contributed by atoms with van der Waals surface area (Å²) in [7, 11) is 0. The maximum Gasteiger partial charge on any atom is 0.306 e. The fourth-order valence-corrected chi connectivity index (χ4v) is 9.55. The number of aliphatic hydroxyl groups is 1. The summed E-state index contributed by atoms with van der Waals surface area (Å²) in [6.45, 7) is 15.0. The molecule has 1 rings (SSSR count). The van der Waals surface area contributed by atoms with Crippen molar-refractivity contribution in [2.45, 2.75) is 284 Å². The zero-order chi connectivity index (χ0) is 45.7. The van der Waals surface area contributed by atoms with Gasteiger partial charge in [-0.05, 0) is 70.4 Å². The van der Waals surface area contributed by atoms with Crippen molar-refractivity contribution in [3.63, 3.8) is 0 Å². The van der Waals surface area contributed by atoms with E-state index in [2.05, 4.69) is 37.5 Å². The molecule has 0 aromatic carbocycles. The van der Waals surface area contributed by atoms with E-state index in [-0.39, 0.29) is 24.5 Å². The van der Waals surface area contributed by atoms with Crippen LogP contribution in [-0.4, -0.2) is 85.4 Å². The van der Waals surface area contributed by atoms with Crippen LogP contribution < -0.4 is 0 Å². The molecule has 0 heterocycles. The Morgan fingerprint density at radius 2 is 0.873 bits per heavy atom. The second kappa shape index (κ2) is 46.0. The van der Waals surface area contributed by atoms with Gasteiger partial charge in [-0.2, -0.15) is 0 Å². The maximum atomic E-state index is 13.4. The van der Waals surface area contributed by atoms with E-state index in [1.54, 1.807) is 0 Å². The number of aliphatic hydroxyl groups excluding tert-OH is 1. The number of nitrogens with zero attached hydrogens (tertiary/aromatic N) is 2. The van der Waals surface area contributed by atoms with Gasteiger partial charge in [0, 0.05) is 44.4 Å². The Bertz CT molecular complexity index is 975. The van der Waals surface area contributed by atoms with E-state index in [9.17, 15) is 14.7 Å². The van der Waals surface area contributed by atoms with E-state index in [0.717, 1.165) is 77.7 Å². The largest absolute Gasteiger partial charge is 0.465 e. The fraction of sp³-hybridized carbons (Fsp3) is 0.964. The average Bonchev–Trinajstić information content (AvgIpc) is 3.26. The van der Waals surface area contributed by atoms with Gasteiger partial charge in [-0.3, -0.25) is 19.4 Å². The SMILES string of the molecule is CCCCCCCCCCCCCCCCCC(=O)OCC(CCCCN(CCN(CCO)CCCCCC)C1CCC1)COC(=O)CC(CCCCCC)CCCCCCCC. The number of carbonyl (C=O) groups is 2. The highest BCUT2D eigenvalue weighted by atomic mass is 16.5. The summed E-state index contributed by atoms with van der Waals surface area (Å²) in [5.41, 5.74) is 0. The molecule has 7 nitrogen and oxygen atoms in total. The Morgan fingerprint density at radius 3 is 1.37 bits per heavy atom. The normalized spacial score (nSPS) is 14.1. The van der Waals surface area contributed by atoms with Crippen molar-refractivity contribution in [2.24, 2.45) is 11.8 Å². The van der Waals surface area contributed by atoms with Crippen LogP contribution in [0.1, 0.15) is 278 Å². The molecule has 374 valence electrons. The minimum atomic E-state index is -0.0922. The van der Waals surface area contributed by atoms with Gasteiger partial charge in [0.2, 0.25) is 0 Å². The van der Waals surface area contributed by atoms with Crippen molar-refractivity contribution >= 4 is 11.9 Å². The molecule has 1 aliphatic carbocycles. The summed E-state index contributed by atoms with van der Waals surface area (Å²) >= 11 is 0. The molecule has 0 spiro atoms. The van der Waals surface area contributed by atoms with Gasteiger partial charge in [0.05, 0.1) is 19.8 Å². The van der Waals surface area contributed by atoms with E-state index in [1.807, 2.05) is 0 Å². The second-order valence-electron chi connectivity index (χ2n) is 20.2. The molecule has 1 aliphatic rings. The highest BCUT2D eigenvalue weighted by molar-refractivity contribution is 5.70. The highest BCUT2D eigenvalue weighted by Crippen LogP contribution is 2.26. The molecule has 0 aliphatic heterocycles. The van der Waals surface area contributed by atoms with Crippen molar-refractivity contribution in [3.05, 3.63) is 0 Å². The van der Waals surface area contributed by atoms with E-state index in [1.165, 1.54) is 193 Å². The summed E-state index contributed by atoms with van der Waals surface area (Å²) in [6, 6.07) is 0.685. The van der Waals surface area contributed by atoms with Crippen molar-refractivity contribution in [1.29, 1.82) is 0 Å². The Balaban J connectivity index is 2.62. The molecule has 0 saturated heterocycles. The molecule has 0 aromatic rings. The molecule has 0 aromatic heterocycles. The fourth-order valence-electron chi connectivity index (χ4n) is 9.55. The van der Waals surface area contributed by atoms with Gasteiger partial charge in [-0.25, -0.2) is 0 Å². The van der Waals surface area contributed by atoms with Crippen LogP contribution in [0.3, 0.4) is 0 Å². The lowest BCUT2D eigenvalue weighted by molar-refractivity contribution is -0.150.